The van der Waals surface area contributed by atoms with Crippen molar-refractivity contribution in [3.8, 4) is 11.5 Å². The Labute approximate surface area is 237 Å². The molecule has 4 rings (SSSR count). The number of esters is 1. The predicted molar refractivity (Wildman–Crippen MR) is 150 cm³/mol. The maximum Gasteiger partial charge on any atom is 0.311 e. The van der Waals surface area contributed by atoms with Gasteiger partial charge >= 0.3 is 5.97 Å². The third-order valence-electron chi connectivity index (χ3n) is 6.39. The van der Waals surface area contributed by atoms with Crippen LogP contribution in [0.4, 0.5) is 5.69 Å². The van der Waals surface area contributed by atoms with Crippen molar-refractivity contribution in [2.24, 2.45) is 5.92 Å². The van der Waals surface area contributed by atoms with Gasteiger partial charge in [-0.2, -0.15) is 0 Å². The zero-order valence-corrected chi connectivity index (χ0v) is 23.2. The highest BCUT2D eigenvalue weighted by atomic mass is 35.5. The molecule has 1 fully saturated rings. The Morgan fingerprint density at radius 3 is 2.38 bits per heavy atom. The fourth-order valence-electron chi connectivity index (χ4n) is 4.23. The van der Waals surface area contributed by atoms with Gasteiger partial charge in [0.1, 0.15) is 11.5 Å². The summed E-state index contributed by atoms with van der Waals surface area (Å²) in [6.45, 7) is 5.74. The highest BCUT2D eigenvalue weighted by molar-refractivity contribution is 6.30. The summed E-state index contributed by atoms with van der Waals surface area (Å²) in [6.07, 6.45) is -0.0347. The fraction of sp³-hybridized carbons (Fsp3) is 0.267. The van der Waals surface area contributed by atoms with Gasteiger partial charge in [0.25, 0.3) is 11.8 Å². The lowest BCUT2D eigenvalue weighted by Crippen LogP contribution is -2.43. The molecule has 0 radical (unpaired) electrons. The van der Waals surface area contributed by atoms with E-state index in [-0.39, 0.29) is 18.9 Å². The van der Waals surface area contributed by atoms with Crippen LogP contribution in [0.1, 0.15) is 47.7 Å². The Morgan fingerprint density at radius 1 is 1.00 bits per heavy atom. The lowest BCUT2D eigenvalue weighted by atomic mass is 10.0. The second kappa shape index (κ2) is 12.7. The molecule has 1 aliphatic rings. The van der Waals surface area contributed by atoms with Crippen LogP contribution in [0.15, 0.2) is 66.7 Å². The van der Waals surface area contributed by atoms with Crippen LogP contribution >= 0.6 is 11.6 Å². The van der Waals surface area contributed by atoms with E-state index in [0.717, 1.165) is 16.9 Å². The molecule has 0 bridgehead atoms. The molecule has 9 nitrogen and oxygen atoms in total. The van der Waals surface area contributed by atoms with Crippen LogP contribution in [-0.4, -0.2) is 36.8 Å². The van der Waals surface area contributed by atoms with Gasteiger partial charge in [0.2, 0.25) is 5.91 Å². The number of rotatable bonds is 8. The molecule has 0 unspecified atom stereocenters. The molecule has 2 N–H and O–H groups in total. The number of carbonyl (C=O) groups excluding carboxylic acids is 4. The number of nitrogens with one attached hydrogen (secondary N) is 2. The minimum atomic E-state index is -0.722. The van der Waals surface area contributed by atoms with E-state index in [1.54, 1.807) is 36.4 Å². The zero-order valence-electron chi connectivity index (χ0n) is 22.4. The second-order valence-corrected chi connectivity index (χ2v) is 10.3. The Kier molecular flexibility index (Phi) is 9.06. The van der Waals surface area contributed by atoms with Gasteiger partial charge < -0.3 is 14.4 Å². The number of halogens is 1. The standard InChI is InChI=1S/C30H30ClN3O6/c1-18(2)25-13-4-19(3)14-26(25)40-24-11-9-23(10-12-24)34-16-21(15-28(34)36)30(38)39-17-27(35)32-33-29(37)20-5-7-22(31)8-6-20/h4-14,18,21H,15-17H2,1-3H3,(H,32,35)(H,33,37)/t21-/m0/s1. The van der Waals surface area contributed by atoms with Gasteiger partial charge in [-0.3, -0.25) is 30.0 Å². The Balaban J connectivity index is 1.27. The van der Waals surface area contributed by atoms with Gasteiger partial charge in [0, 0.05) is 29.2 Å². The number of benzene rings is 3. The first kappa shape index (κ1) is 28.6. The van der Waals surface area contributed by atoms with Crippen molar-refractivity contribution < 1.29 is 28.7 Å². The molecule has 1 atom stereocenters. The van der Waals surface area contributed by atoms with E-state index in [1.165, 1.54) is 17.0 Å². The van der Waals surface area contributed by atoms with E-state index in [0.29, 0.717) is 27.9 Å². The number of carbonyl (C=O) groups is 4. The first-order chi connectivity index (χ1) is 19.1. The third-order valence-corrected chi connectivity index (χ3v) is 6.65. The van der Waals surface area contributed by atoms with E-state index in [4.69, 9.17) is 21.1 Å². The number of hydrogen-bond acceptors (Lipinski definition) is 6. The normalized spacial score (nSPS) is 14.7. The van der Waals surface area contributed by atoms with Crippen molar-refractivity contribution in [2.75, 3.05) is 18.1 Å². The molecular formula is C30H30ClN3O6. The number of amides is 3. The average Bonchev–Trinajstić information content (AvgIpc) is 3.32. The second-order valence-electron chi connectivity index (χ2n) is 9.81. The molecular weight excluding hydrogens is 534 g/mol. The molecule has 208 valence electrons. The number of ether oxygens (including phenoxy) is 2. The lowest BCUT2D eigenvalue weighted by Gasteiger charge is -2.18. The van der Waals surface area contributed by atoms with E-state index in [9.17, 15) is 19.2 Å². The summed E-state index contributed by atoms with van der Waals surface area (Å²) < 4.78 is 11.2. The molecule has 0 saturated carbocycles. The minimum Gasteiger partial charge on any atom is -0.457 e. The van der Waals surface area contributed by atoms with Gasteiger partial charge in [0.15, 0.2) is 6.61 Å². The SMILES string of the molecule is Cc1ccc(C(C)C)c(Oc2ccc(N3C[C@@H](C(=O)OCC(=O)NNC(=O)c4ccc(Cl)cc4)CC3=O)cc2)c1. The average molecular weight is 564 g/mol. The molecule has 0 spiro atoms. The van der Waals surface area contributed by atoms with Crippen molar-refractivity contribution in [1.82, 2.24) is 10.9 Å². The van der Waals surface area contributed by atoms with Crippen LogP contribution in [0, 0.1) is 12.8 Å². The summed E-state index contributed by atoms with van der Waals surface area (Å²) in [4.78, 5) is 50.8. The highest BCUT2D eigenvalue weighted by Crippen LogP contribution is 2.33. The van der Waals surface area contributed by atoms with Crippen molar-refractivity contribution in [3.63, 3.8) is 0 Å². The maximum absolute atomic E-state index is 12.6. The molecule has 1 saturated heterocycles. The van der Waals surface area contributed by atoms with Gasteiger partial charge in [-0.1, -0.05) is 37.6 Å². The monoisotopic (exact) mass is 563 g/mol. The van der Waals surface area contributed by atoms with Crippen LogP contribution < -0.4 is 20.5 Å². The number of nitrogens with zero attached hydrogens (tertiary/aromatic N) is 1. The van der Waals surface area contributed by atoms with Crippen LogP contribution in [0.5, 0.6) is 11.5 Å². The number of aryl methyl sites for hydroxylation is 1. The predicted octanol–water partition coefficient (Wildman–Crippen LogP) is 4.92. The van der Waals surface area contributed by atoms with Gasteiger partial charge in [-0.05, 0) is 78.6 Å². The first-order valence-corrected chi connectivity index (χ1v) is 13.2. The first-order valence-electron chi connectivity index (χ1n) is 12.8. The van der Waals surface area contributed by atoms with Crippen molar-refractivity contribution in [2.45, 2.75) is 33.1 Å². The summed E-state index contributed by atoms with van der Waals surface area (Å²) in [5.74, 6) is -1.17. The molecule has 1 aliphatic heterocycles. The Bertz CT molecular complexity index is 1410. The van der Waals surface area contributed by atoms with Crippen molar-refractivity contribution in [3.05, 3.63) is 88.4 Å². The molecule has 3 aromatic carbocycles. The van der Waals surface area contributed by atoms with Crippen molar-refractivity contribution in [1.29, 1.82) is 0 Å². The van der Waals surface area contributed by atoms with Crippen molar-refractivity contribution >= 4 is 41.0 Å². The topological polar surface area (TPSA) is 114 Å². The number of hydrogen-bond donors (Lipinski definition) is 2. The quantitative estimate of drug-likeness (QED) is 0.297. The zero-order chi connectivity index (χ0) is 28.8. The van der Waals surface area contributed by atoms with E-state index in [1.807, 2.05) is 13.0 Å². The smallest absolute Gasteiger partial charge is 0.311 e. The molecule has 1 heterocycles. The van der Waals surface area contributed by atoms with Crippen LogP contribution in [0.25, 0.3) is 0 Å². The molecule has 3 aromatic rings. The summed E-state index contributed by atoms with van der Waals surface area (Å²) in [7, 11) is 0. The van der Waals surface area contributed by atoms with Gasteiger partial charge in [-0.15, -0.1) is 0 Å². The highest BCUT2D eigenvalue weighted by Gasteiger charge is 2.36. The third kappa shape index (κ3) is 7.18. The maximum atomic E-state index is 12.6. The summed E-state index contributed by atoms with van der Waals surface area (Å²) in [5, 5.41) is 0.473. The van der Waals surface area contributed by atoms with Gasteiger partial charge in [0.05, 0.1) is 5.92 Å². The van der Waals surface area contributed by atoms with E-state index >= 15 is 0 Å². The fourth-order valence-corrected chi connectivity index (χ4v) is 4.36. The van der Waals surface area contributed by atoms with E-state index in [2.05, 4.69) is 36.8 Å². The number of anilines is 1. The van der Waals surface area contributed by atoms with Crippen LogP contribution in [0.3, 0.4) is 0 Å². The van der Waals surface area contributed by atoms with Crippen LogP contribution in [0.2, 0.25) is 5.02 Å². The van der Waals surface area contributed by atoms with Crippen LogP contribution in [-0.2, 0) is 19.1 Å². The molecule has 0 aliphatic carbocycles. The summed E-state index contributed by atoms with van der Waals surface area (Å²) in [6, 6.07) is 19.3. The Hall–Kier alpha value is -4.37. The minimum absolute atomic E-state index is 0.0347. The van der Waals surface area contributed by atoms with E-state index < -0.39 is 30.3 Å². The molecule has 40 heavy (non-hydrogen) atoms. The van der Waals surface area contributed by atoms with Gasteiger partial charge in [-0.25, -0.2) is 0 Å². The summed E-state index contributed by atoms with van der Waals surface area (Å²) >= 11 is 5.79. The number of hydrazine groups is 1. The summed E-state index contributed by atoms with van der Waals surface area (Å²) in [5.41, 5.74) is 7.53. The Morgan fingerprint density at radius 2 is 1.70 bits per heavy atom. The largest absolute Gasteiger partial charge is 0.457 e. The molecule has 3 amide bonds. The molecule has 10 heteroatoms. The lowest BCUT2D eigenvalue weighted by molar-refractivity contribution is -0.152. The molecule has 0 aromatic heterocycles.